The molecule has 1 N–H and O–H groups in total. The van der Waals surface area contributed by atoms with Crippen LogP contribution in [-0.4, -0.2) is 55.2 Å². The van der Waals surface area contributed by atoms with Gasteiger partial charge in [0.25, 0.3) is 0 Å². The first-order valence-electron chi connectivity index (χ1n) is 11.2. The number of sulfonamides is 1. The Kier molecular flexibility index (Phi) is 5.51. The van der Waals surface area contributed by atoms with Gasteiger partial charge in [-0.2, -0.15) is 0 Å². The molecule has 1 spiro atoms. The van der Waals surface area contributed by atoms with E-state index in [-0.39, 0.29) is 5.75 Å². The third-order valence-electron chi connectivity index (χ3n) is 6.78. The van der Waals surface area contributed by atoms with Gasteiger partial charge in [0.1, 0.15) is 12.1 Å². The Hall–Kier alpha value is -2.71. The molecule has 5 rings (SSSR count). The molecule has 0 aliphatic carbocycles. The Morgan fingerprint density at radius 1 is 1.03 bits per heavy atom. The summed E-state index contributed by atoms with van der Waals surface area (Å²) in [5.74, 6) is 1.13. The van der Waals surface area contributed by atoms with Gasteiger partial charge in [0.15, 0.2) is 0 Å². The highest BCUT2D eigenvalue weighted by atomic mass is 32.2. The molecule has 3 aromatic rings. The van der Waals surface area contributed by atoms with Crippen molar-refractivity contribution >= 4 is 32.4 Å². The number of nitrogens with one attached hydrogen (secondary N) is 1. The molecule has 0 bridgehead atoms. The molecule has 7 nitrogen and oxygen atoms in total. The summed E-state index contributed by atoms with van der Waals surface area (Å²) in [6.07, 6.45) is 4.02. The Bertz CT molecular complexity index is 1210. The van der Waals surface area contributed by atoms with Crippen LogP contribution in [-0.2, 0) is 16.6 Å². The van der Waals surface area contributed by atoms with Crippen LogP contribution < -0.4 is 9.62 Å². The van der Waals surface area contributed by atoms with Crippen LogP contribution in [0.1, 0.15) is 25.3 Å². The zero-order valence-corrected chi connectivity index (χ0v) is 19.2. The van der Waals surface area contributed by atoms with E-state index in [0.717, 1.165) is 55.0 Å². The number of rotatable bonds is 6. The Morgan fingerprint density at radius 2 is 1.81 bits per heavy atom. The third kappa shape index (κ3) is 4.29. The summed E-state index contributed by atoms with van der Waals surface area (Å²) in [6, 6.07) is 15.9. The van der Waals surface area contributed by atoms with E-state index in [1.54, 1.807) is 13.3 Å². The molecule has 0 saturated carbocycles. The lowest BCUT2D eigenvalue weighted by molar-refractivity contribution is 0.0721. The molecule has 8 heteroatoms. The highest BCUT2D eigenvalue weighted by molar-refractivity contribution is 7.92. The molecular formula is C24H29N5O2S. The molecule has 2 aromatic carbocycles. The van der Waals surface area contributed by atoms with Gasteiger partial charge in [-0.05, 0) is 62.7 Å². The van der Waals surface area contributed by atoms with Gasteiger partial charge in [-0.1, -0.05) is 24.3 Å². The van der Waals surface area contributed by atoms with E-state index in [1.807, 2.05) is 36.4 Å². The van der Waals surface area contributed by atoms with Crippen molar-refractivity contribution in [2.24, 2.45) is 5.41 Å². The molecule has 2 fully saturated rings. The smallest absolute Gasteiger partial charge is 0.232 e. The number of para-hydroxylation sites is 1. The second-order valence-corrected chi connectivity index (χ2v) is 11.1. The molecule has 3 heterocycles. The second kappa shape index (κ2) is 8.33. The van der Waals surface area contributed by atoms with Gasteiger partial charge in [0.2, 0.25) is 10.0 Å². The maximum atomic E-state index is 11.8. The minimum Gasteiger partial charge on any atom is -0.355 e. The van der Waals surface area contributed by atoms with Gasteiger partial charge in [-0.3, -0.25) is 9.62 Å². The highest BCUT2D eigenvalue weighted by Gasteiger charge is 2.45. The number of piperidine rings is 1. The number of nitrogens with zero attached hydrogens (tertiary/aromatic N) is 4. The summed E-state index contributed by atoms with van der Waals surface area (Å²) in [4.78, 5) is 13.8. The molecule has 2 saturated heterocycles. The summed E-state index contributed by atoms with van der Waals surface area (Å²) < 4.78 is 26.3. The van der Waals surface area contributed by atoms with Crippen LogP contribution in [0.25, 0.3) is 10.9 Å². The molecule has 168 valence electrons. The van der Waals surface area contributed by atoms with E-state index in [1.165, 1.54) is 12.8 Å². The number of anilines is 2. The topological polar surface area (TPSA) is 78.4 Å². The first kappa shape index (κ1) is 21.2. The summed E-state index contributed by atoms with van der Waals surface area (Å²) in [5, 5.41) is 1.13. The van der Waals surface area contributed by atoms with Gasteiger partial charge >= 0.3 is 0 Å². The fourth-order valence-electron chi connectivity index (χ4n) is 4.90. The number of hydrogen-bond acceptors (Lipinski definition) is 6. The van der Waals surface area contributed by atoms with E-state index in [9.17, 15) is 8.42 Å². The van der Waals surface area contributed by atoms with Crippen LogP contribution in [0.5, 0.6) is 0 Å². The molecule has 0 radical (unpaired) electrons. The number of likely N-dealkylation sites (tertiary alicyclic amines) is 1. The lowest BCUT2D eigenvalue weighted by Gasteiger charge is -2.54. The maximum Gasteiger partial charge on any atom is 0.232 e. The largest absolute Gasteiger partial charge is 0.355 e. The molecule has 0 atom stereocenters. The molecule has 2 aliphatic heterocycles. The van der Waals surface area contributed by atoms with Crippen molar-refractivity contribution in [1.82, 2.24) is 14.9 Å². The molecule has 0 amide bonds. The van der Waals surface area contributed by atoms with Crippen LogP contribution in [0.15, 0.2) is 54.9 Å². The van der Waals surface area contributed by atoms with Crippen molar-refractivity contribution in [3.05, 3.63) is 60.4 Å². The minimum atomic E-state index is -3.25. The molecule has 32 heavy (non-hydrogen) atoms. The Balaban J connectivity index is 1.18. The first-order valence-corrected chi connectivity index (χ1v) is 12.9. The van der Waals surface area contributed by atoms with Crippen molar-refractivity contribution in [2.75, 3.05) is 41.6 Å². The fraction of sp³-hybridized carbons (Fsp3) is 0.417. The van der Waals surface area contributed by atoms with E-state index in [0.29, 0.717) is 11.1 Å². The SMILES string of the molecule is CCS(=O)(=O)Nc1cccc(CN2CCC3(CC2)CN(c2ncnc4ccccc24)C3)c1. The van der Waals surface area contributed by atoms with Gasteiger partial charge in [-0.15, -0.1) is 0 Å². The summed E-state index contributed by atoms with van der Waals surface area (Å²) in [5.41, 5.74) is 3.16. The first-order chi connectivity index (χ1) is 15.5. The Morgan fingerprint density at radius 3 is 2.59 bits per heavy atom. The third-order valence-corrected chi connectivity index (χ3v) is 8.08. The summed E-state index contributed by atoms with van der Waals surface area (Å²) in [6.45, 7) is 6.71. The van der Waals surface area contributed by atoms with Crippen molar-refractivity contribution in [3.63, 3.8) is 0 Å². The summed E-state index contributed by atoms with van der Waals surface area (Å²) in [7, 11) is -3.25. The average molecular weight is 452 g/mol. The predicted molar refractivity (Wildman–Crippen MR) is 128 cm³/mol. The number of fused-ring (bicyclic) bond motifs is 1. The lowest BCUT2D eigenvalue weighted by Crippen LogP contribution is -2.60. The van der Waals surface area contributed by atoms with Crippen molar-refractivity contribution in [2.45, 2.75) is 26.3 Å². The van der Waals surface area contributed by atoms with Crippen LogP contribution >= 0.6 is 0 Å². The van der Waals surface area contributed by atoms with Crippen LogP contribution in [0, 0.1) is 5.41 Å². The van der Waals surface area contributed by atoms with E-state index in [2.05, 4.69) is 36.6 Å². The molecule has 1 aromatic heterocycles. The van der Waals surface area contributed by atoms with Crippen LogP contribution in [0.2, 0.25) is 0 Å². The highest BCUT2D eigenvalue weighted by Crippen LogP contribution is 2.43. The van der Waals surface area contributed by atoms with Gasteiger partial charge in [0, 0.05) is 36.1 Å². The van der Waals surface area contributed by atoms with E-state index < -0.39 is 10.0 Å². The maximum absolute atomic E-state index is 11.8. The zero-order chi connectivity index (χ0) is 22.2. The van der Waals surface area contributed by atoms with E-state index in [4.69, 9.17) is 0 Å². The molecule has 0 unspecified atom stereocenters. The van der Waals surface area contributed by atoms with Crippen LogP contribution in [0.4, 0.5) is 11.5 Å². The van der Waals surface area contributed by atoms with Crippen LogP contribution in [0.3, 0.4) is 0 Å². The number of benzene rings is 2. The average Bonchev–Trinajstić information content (AvgIpc) is 2.78. The molecule has 2 aliphatic rings. The Labute approximate surface area is 189 Å². The minimum absolute atomic E-state index is 0.0766. The second-order valence-electron chi connectivity index (χ2n) is 9.05. The summed E-state index contributed by atoms with van der Waals surface area (Å²) >= 11 is 0. The van der Waals surface area contributed by atoms with E-state index >= 15 is 0 Å². The van der Waals surface area contributed by atoms with Crippen molar-refractivity contribution in [1.29, 1.82) is 0 Å². The quantitative estimate of drug-likeness (QED) is 0.618. The normalized spacial score (nSPS) is 18.6. The van der Waals surface area contributed by atoms with Gasteiger partial charge in [0.05, 0.1) is 11.3 Å². The van der Waals surface area contributed by atoms with Crippen molar-refractivity contribution in [3.8, 4) is 0 Å². The zero-order valence-electron chi connectivity index (χ0n) is 18.4. The molecular weight excluding hydrogens is 422 g/mol. The van der Waals surface area contributed by atoms with Gasteiger partial charge < -0.3 is 4.90 Å². The monoisotopic (exact) mass is 451 g/mol. The fourth-order valence-corrected chi connectivity index (χ4v) is 5.53. The number of hydrogen-bond donors (Lipinski definition) is 1. The number of aromatic nitrogens is 2. The lowest BCUT2D eigenvalue weighted by atomic mass is 9.72. The predicted octanol–water partition coefficient (Wildman–Crippen LogP) is 3.49. The van der Waals surface area contributed by atoms with Gasteiger partial charge in [-0.25, -0.2) is 18.4 Å². The van der Waals surface area contributed by atoms with Crippen molar-refractivity contribution < 1.29 is 8.42 Å². The standard InChI is InChI=1S/C24H29N5O2S/c1-2-32(30,31)27-20-7-5-6-19(14-20)15-28-12-10-24(11-13-28)16-29(17-24)23-21-8-3-4-9-22(21)25-18-26-23/h3-9,14,18,27H,2,10-13,15-17H2,1H3.